The first-order chi connectivity index (χ1) is 10.7. The molecule has 0 bridgehead atoms. The summed E-state index contributed by atoms with van der Waals surface area (Å²) in [7, 11) is 1.68. The molecule has 0 aliphatic rings. The van der Waals surface area contributed by atoms with Crippen molar-refractivity contribution >= 4 is 52.9 Å². The van der Waals surface area contributed by atoms with E-state index in [1.54, 1.807) is 42.9 Å². The molecule has 2 aromatic rings. The lowest BCUT2D eigenvalue weighted by Crippen LogP contribution is -2.41. The van der Waals surface area contributed by atoms with E-state index in [4.69, 9.17) is 0 Å². The van der Waals surface area contributed by atoms with Crippen LogP contribution in [0.5, 0.6) is 0 Å². The van der Waals surface area contributed by atoms with Crippen molar-refractivity contribution in [2.75, 3.05) is 18.9 Å². The van der Waals surface area contributed by atoms with E-state index >= 15 is 0 Å². The molecule has 2 aromatic heterocycles. The van der Waals surface area contributed by atoms with E-state index in [0.717, 1.165) is 0 Å². The Hall–Kier alpha value is -1.68. The monoisotopic (exact) mass is 445 g/mol. The summed E-state index contributed by atoms with van der Waals surface area (Å²) in [5.41, 5.74) is 1.92. The number of carbonyl (C=O) groups is 1. The molecule has 1 amide bonds. The molecule has 0 saturated heterocycles. The zero-order valence-corrected chi connectivity index (χ0v) is 16.1. The van der Waals surface area contributed by atoms with Crippen LogP contribution in [0, 0.1) is 6.92 Å². The van der Waals surface area contributed by atoms with Crippen molar-refractivity contribution in [2.24, 2.45) is 4.99 Å². The zero-order chi connectivity index (χ0) is 15.8. The Bertz CT molecular complexity index is 644. The lowest BCUT2D eigenvalue weighted by atomic mass is 10.3. The Labute approximate surface area is 156 Å². The number of nitrogens with zero attached hydrogens (tertiary/aromatic N) is 2. The number of thiophene rings is 1. The second kappa shape index (κ2) is 10.2. The first kappa shape index (κ1) is 19.4. The topological polar surface area (TPSA) is 78.4 Å². The number of guanidine groups is 1. The minimum atomic E-state index is -0.150. The zero-order valence-electron chi connectivity index (χ0n) is 13.0. The lowest BCUT2D eigenvalue weighted by molar-refractivity contribution is -0.115. The Morgan fingerprint density at radius 1 is 1.35 bits per heavy atom. The van der Waals surface area contributed by atoms with Crippen LogP contribution in [-0.2, 0) is 11.3 Å². The van der Waals surface area contributed by atoms with Gasteiger partial charge in [-0.2, -0.15) is 0 Å². The summed E-state index contributed by atoms with van der Waals surface area (Å²) in [5, 5.41) is 11.0. The van der Waals surface area contributed by atoms with Crippen LogP contribution in [0.3, 0.4) is 0 Å². The Balaban J connectivity index is 0.00000264. The SMILES string of the molecule is CN=C(NCC(=O)Nc1cccnc1)NCc1sccc1C.I. The molecule has 2 heterocycles. The van der Waals surface area contributed by atoms with Gasteiger partial charge < -0.3 is 16.0 Å². The summed E-state index contributed by atoms with van der Waals surface area (Å²) in [4.78, 5) is 21.1. The van der Waals surface area contributed by atoms with Crippen molar-refractivity contribution < 1.29 is 4.79 Å². The number of anilines is 1. The van der Waals surface area contributed by atoms with Crippen molar-refractivity contribution in [1.29, 1.82) is 0 Å². The van der Waals surface area contributed by atoms with E-state index in [0.29, 0.717) is 18.2 Å². The maximum Gasteiger partial charge on any atom is 0.243 e. The van der Waals surface area contributed by atoms with Gasteiger partial charge in [-0.05, 0) is 36.1 Å². The fourth-order valence-electron chi connectivity index (χ4n) is 1.78. The predicted octanol–water partition coefficient (Wildman–Crippen LogP) is 2.37. The molecule has 6 nitrogen and oxygen atoms in total. The summed E-state index contributed by atoms with van der Waals surface area (Å²) in [5.74, 6) is 0.442. The van der Waals surface area contributed by atoms with Crippen LogP contribution in [0.4, 0.5) is 5.69 Å². The lowest BCUT2D eigenvalue weighted by Gasteiger charge is -2.11. The van der Waals surface area contributed by atoms with Gasteiger partial charge in [0.15, 0.2) is 5.96 Å². The third-order valence-corrected chi connectivity index (χ3v) is 3.99. The van der Waals surface area contributed by atoms with Gasteiger partial charge in [-0.1, -0.05) is 0 Å². The second-order valence-electron chi connectivity index (χ2n) is 4.60. The van der Waals surface area contributed by atoms with E-state index < -0.39 is 0 Å². The highest BCUT2D eigenvalue weighted by Crippen LogP contribution is 2.14. The highest BCUT2D eigenvalue weighted by Gasteiger charge is 2.05. The first-order valence-electron chi connectivity index (χ1n) is 6.86. The van der Waals surface area contributed by atoms with E-state index in [2.05, 4.69) is 44.3 Å². The molecule has 0 aromatic carbocycles. The van der Waals surface area contributed by atoms with E-state index in [1.165, 1.54) is 10.4 Å². The van der Waals surface area contributed by atoms with E-state index in [9.17, 15) is 4.79 Å². The largest absolute Gasteiger partial charge is 0.352 e. The van der Waals surface area contributed by atoms with Crippen LogP contribution in [0.1, 0.15) is 10.4 Å². The summed E-state index contributed by atoms with van der Waals surface area (Å²) >= 11 is 1.70. The van der Waals surface area contributed by atoms with Crippen molar-refractivity contribution in [3.8, 4) is 0 Å². The number of hydrogen-bond acceptors (Lipinski definition) is 4. The summed E-state index contributed by atoms with van der Waals surface area (Å²) in [6.45, 7) is 2.90. The van der Waals surface area contributed by atoms with Gasteiger partial charge >= 0.3 is 0 Å². The molecule has 8 heteroatoms. The molecule has 2 rings (SSSR count). The standard InChI is InChI=1S/C15H19N5OS.HI/c1-11-5-7-22-13(11)9-18-15(16-2)19-10-14(21)20-12-4-3-6-17-8-12;/h3-8H,9-10H2,1-2H3,(H,20,21)(H2,16,18,19);1H. The number of aryl methyl sites for hydroxylation is 1. The maximum absolute atomic E-state index is 11.8. The number of nitrogens with one attached hydrogen (secondary N) is 3. The average Bonchev–Trinajstić information content (AvgIpc) is 2.94. The number of carbonyl (C=O) groups excluding carboxylic acids is 1. The highest BCUT2D eigenvalue weighted by atomic mass is 127. The predicted molar refractivity (Wildman–Crippen MR) is 106 cm³/mol. The molecule has 0 fully saturated rings. The molecule has 3 N–H and O–H groups in total. The number of halogens is 1. The van der Waals surface area contributed by atoms with Gasteiger partial charge in [0, 0.05) is 18.1 Å². The minimum absolute atomic E-state index is 0. The smallest absolute Gasteiger partial charge is 0.243 e. The third-order valence-electron chi connectivity index (χ3n) is 2.97. The first-order valence-corrected chi connectivity index (χ1v) is 7.74. The van der Waals surface area contributed by atoms with Gasteiger partial charge in [0.25, 0.3) is 0 Å². The molecule has 0 atom stereocenters. The quantitative estimate of drug-likeness (QED) is 0.375. The molecular weight excluding hydrogens is 425 g/mol. The van der Waals surface area contributed by atoms with Crippen molar-refractivity contribution in [3.63, 3.8) is 0 Å². The Morgan fingerprint density at radius 3 is 2.78 bits per heavy atom. The molecular formula is C15H20IN5OS. The Kier molecular flexibility index (Phi) is 8.56. The molecule has 124 valence electrons. The van der Waals surface area contributed by atoms with E-state index in [-0.39, 0.29) is 36.4 Å². The van der Waals surface area contributed by atoms with Gasteiger partial charge in [0.1, 0.15) is 0 Å². The van der Waals surface area contributed by atoms with Crippen LogP contribution in [0.15, 0.2) is 41.0 Å². The highest BCUT2D eigenvalue weighted by molar-refractivity contribution is 14.0. The average molecular weight is 445 g/mol. The number of aliphatic imine (C=N–C) groups is 1. The summed E-state index contributed by atoms with van der Waals surface area (Å²) in [6, 6.07) is 5.64. The van der Waals surface area contributed by atoms with Crippen molar-refractivity contribution in [1.82, 2.24) is 15.6 Å². The fraction of sp³-hybridized carbons (Fsp3) is 0.267. The van der Waals surface area contributed by atoms with Gasteiger partial charge in [-0.15, -0.1) is 35.3 Å². The number of aromatic nitrogens is 1. The summed E-state index contributed by atoms with van der Waals surface area (Å²) < 4.78 is 0. The van der Waals surface area contributed by atoms with Gasteiger partial charge in [-0.25, -0.2) is 0 Å². The van der Waals surface area contributed by atoms with Gasteiger partial charge in [0.05, 0.1) is 25.0 Å². The fourth-order valence-corrected chi connectivity index (χ4v) is 2.62. The number of hydrogen-bond donors (Lipinski definition) is 3. The van der Waals surface area contributed by atoms with Gasteiger partial charge in [0.2, 0.25) is 5.91 Å². The molecule has 0 unspecified atom stereocenters. The maximum atomic E-state index is 11.8. The third kappa shape index (κ3) is 6.53. The number of amides is 1. The van der Waals surface area contributed by atoms with Crippen LogP contribution < -0.4 is 16.0 Å². The minimum Gasteiger partial charge on any atom is -0.352 e. The van der Waals surface area contributed by atoms with E-state index in [1.807, 2.05) is 0 Å². The second-order valence-corrected chi connectivity index (χ2v) is 5.60. The van der Waals surface area contributed by atoms with Crippen LogP contribution in [-0.4, -0.2) is 30.4 Å². The van der Waals surface area contributed by atoms with Crippen LogP contribution in [0.2, 0.25) is 0 Å². The van der Waals surface area contributed by atoms with Crippen LogP contribution in [0.25, 0.3) is 0 Å². The van der Waals surface area contributed by atoms with Gasteiger partial charge in [-0.3, -0.25) is 14.8 Å². The Morgan fingerprint density at radius 2 is 2.17 bits per heavy atom. The number of pyridine rings is 1. The summed E-state index contributed by atoms with van der Waals surface area (Å²) in [6.07, 6.45) is 3.26. The molecule has 0 radical (unpaired) electrons. The normalized spacial score (nSPS) is 10.6. The van der Waals surface area contributed by atoms with Crippen LogP contribution >= 0.6 is 35.3 Å². The molecule has 0 aliphatic heterocycles. The molecule has 0 spiro atoms. The van der Waals surface area contributed by atoms with Crippen molar-refractivity contribution in [2.45, 2.75) is 13.5 Å². The van der Waals surface area contributed by atoms with Crippen molar-refractivity contribution in [3.05, 3.63) is 46.4 Å². The molecule has 0 aliphatic carbocycles. The molecule has 0 saturated carbocycles. The molecule has 23 heavy (non-hydrogen) atoms. The number of rotatable bonds is 5.